The van der Waals surface area contributed by atoms with E-state index in [-0.39, 0.29) is 5.91 Å². The summed E-state index contributed by atoms with van der Waals surface area (Å²) in [7, 11) is -3.48. The highest BCUT2D eigenvalue weighted by molar-refractivity contribution is 7.92. The Hall–Kier alpha value is -1.96. The molecule has 27 heavy (non-hydrogen) atoms. The van der Waals surface area contributed by atoms with E-state index in [1.807, 2.05) is 49.1 Å². The van der Waals surface area contributed by atoms with Crippen molar-refractivity contribution in [2.75, 3.05) is 45.8 Å². The number of carbonyl (C=O) groups is 1. The quantitative estimate of drug-likeness (QED) is 0.636. The number of nitrogens with zero attached hydrogens (tertiary/aromatic N) is 3. The number of piperazine rings is 1. The predicted molar refractivity (Wildman–Crippen MR) is 109 cm³/mol. The van der Waals surface area contributed by atoms with Gasteiger partial charge in [0, 0.05) is 38.1 Å². The van der Waals surface area contributed by atoms with Crippen LogP contribution in [0.5, 0.6) is 0 Å². The van der Waals surface area contributed by atoms with Crippen LogP contribution in [-0.2, 0) is 14.8 Å². The molecule has 0 aliphatic carbocycles. The summed E-state index contributed by atoms with van der Waals surface area (Å²) in [5.74, 6) is 0.0370. The number of hydrogen-bond acceptors (Lipinski definition) is 4. The van der Waals surface area contributed by atoms with Crippen LogP contribution in [0, 0.1) is 0 Å². The third kappa shape index (κ3) is 6.61. The third-order valence-electron chi connectivity index (χ3n) is 4.48. The standard InChI is InChI=1S/C20H29N3O3S/c1-4-21(16-18(2)3)17-20(24)22-11-13-23(14-12-22)27(25,26)15-10-19-8-6-5-7-9-19/h5-10,15H,2,4,11-14,16-17H2,1,3H3/b15-10+. The molecule has 0 saturated carbocycles. The van der Waals surface area contributed by atoms with Crippen molar-refractivity contribution in [1.29, 1.82) is 0 Å². The molecule has 1 aromatic rings. The summed E-state index contributed by atoms with van der Waals surface area (Å²) >= 11 is 0. The number of sulfonamides is 1. The SMILES string of the molecule is C=C(C)CN(CC)CC(=O)N1CCN(S(=O)(=O)/C=C/c2ccccc2)CC1. The molecule has 1 heterocycles. The van der Waals surface area contributed by atoms with Gasteiger partial charge in [-0.05, 0) is 25.1 Å². The van der Waals surface area contributed by atoms with E-state index in [1.54, 1.807) is 11.0 Å². The molecule has 0 N–H and O–H groups in total. The van der Waals surface area contributed by atoms with Gasteiger partial charge in [-0.3, -0.25) is 9.69 Å². The minimum Gasteiger partial charge on any atom is -0.339 e. The number of hydrogen-bond donors (Lipinski definition) is 0. The number of likely N-dealkylation sites (N-methyl/N-ethyl adjacent to an activating group) is 1. The van der Waals surface area contributed by atoms with Gasteiger partial charge in [-0.15, -0.1) is 0 Å². The first kappa shape index (κ1) is 21.3. The Morgan fingerprint density at radius 1 is 1.15 bits per heavy atom. The van der Waals surface area contributed by atoms with E-state index in [4.69, 9.17) is 0 Å². The highest BCUT2D eigenvalue weighted by Gasteiger charge is 2.27. The van der Waals surface area contributed by atoms with Crippen molar-refractivity contribution in [3.8, 4) is 0 Å². The molecule has 1 fully saturated rings. The largest absolute Gasteiger partial charge is 0.339 e. The fourth-order valence-electron chi connectivity index (χ4n) is 2.96. The molecule has 1 amide bonds. The van der Waals surface area contributed by atoms with Crippen molar-refractivity contribution >= 4 is 22.0 Å². The smallest absolute Gasteiger partial charge is 0.236 e. The van der Waals surface area contributed by atoms with Crippen LogP contribution in [0.4, 0.5) is 0 Å². The van der Waals surface area contributed by atoms with E-state index in [2.05, 4.69) is 6.58 Å². The van der Waals surface area contributed by atoms with Gasteiger partial charge in [0.15, 0.2) is 0 Å². The van der Waals surface area contributed by atoms with Crippen molar-refractivity contribution in [2.24, 2.45) is 0 Å². The molecular weight excluding hydrogens is 362 g/mol. The minimum absolute atomic E-state index is 0.0370. The highest BCUT2D eigenvalue weighted by atomic mass is 32.2. The summed E-state index contributed by atoms with van der Waals surface area (Å²) in [6.07, 6.45) is 1.60. The lowest BCUT2D eigenvalue weighted by Gasteiger charge is -2.34. The normalized spacial score (nSPS) is 16.2. The lowest BCUT2D eigenvalue weighted by atomic mass is 10.2. The molecule has 6 nitrogen and oxygen atoms in total. The molecule has 1 saturated heterocycles. The number of carbonyl (C=O) groups excluding carboxylic acids is 1. The van der Waals surface area contributed by atoms with Crippen molar-refractivity contribution < 1.29 is 13.2 Å². The molecule has 0 bridgehead atoms. The van der Waals surface area contributed by atoms with E-state index in [0.717, 1.165) is 17.7 Å². The molecule has 1 aliphatic heterocycles. The van der Waals surface area contributed by atoms with Crippen LogP contribution in [-0.4, -0.2) is 74.2 Å². The number of rotatable bonds is 8. The van der Waals surface area contributed by atoms with E-state index < -0.39 is 10.0 Å². The molecule has 1 aliphatic rings. The van der Waals surface area contributed by atoms with Crippen LogP contribution in [0.25, 0.3) is 6.08 Å². The second-order valence-corrected chi connectivity index (χ2v) is 8.62. The van der Waals surface area contributed by atoms with Gasteiger partial charge < -0.3 is 4.90 Å². The van der Waals surface area contributed by atoms with Gasteiger partial charge in [-0.25, -0.2) is 8.42 Å². The zero-order chi connectivity index (χ0) is 19.9. The first-order valence-electron chi connectivity index (χ1n) is 9.19. The summed E-state index contributed by atoms with van der Waals surface area (Å²) in [6, 6.07) is 9.33. The maximum atomic E-state index is 12.5. The molecule has 7 heteroatoms. The Balaban J connectivity index is 1.89. The molecule has 148 valence electrons. The van der Waals surface area contributed by atoms with Crippen LogP contribution in [0.1, 0.15) is 19.4 Å². The summed E-state index contributed by atoms with van der Waals surface area (Å²) in [5.41, 5.74) is 1.86. The molecule has 2 rings (SSSR count). The molecular formula is C20H29N3O3S. The maximum absolute atomic E-state index is 12.5. The fourth-order valence-corrected chi connectivity index (χ4v) is 4.13. The van der Waals surface area contributed by atoms with Crippen molar-refractivity contribution in [1.82, 2.24) is 14.1 Å². The van der Waals surface area contributed by atoms with Gasteiger partial charge in [0.2, 0.25) is 15.9 Å². The Bertz CT molecular complexity index is 767. The Morgan fingerprint density at radius 2 is 1.78 bits per heavy atom. The van der Waals surface area contributed by atoms with Crippen LogP contribution in [0.3, 0.4) is 0 Å². The van der Waals surface area contributed by atoms with Crippen LogP contribution >= 0.6 is 0 Å². The van der Waals surface area contributed by atoms with Gasteiger partial charge in [0.05, 0.1) is 6.54 Å². The Morgan fingerprint density at radius 3 is 2.33 bits per heavy atom. The van der Waals surface area contributed by atoms with Gasteiger partial charge in [0.1, 0.15) is 0 Å². The molecule has 0 radical (unpaired) electrons. The van der Waals surface area contributed by atoms with E-state index in [0.29, 0.717) is 39.3 Å². The molecule has 0 aromatic heterocycles. The summed E-state index contributed by atoms with van der Waals surface area (Å²) in [4.78, 5) is 16.3. The second kappa shape index (κ2) is 9.82. The molecule has 0 spiro atoms. The zero-order valence-corrected chi connectivity index (χ0v) is 17.0. The van der Waals surface area contributed by atoms with Crippen molar-refractivity contribution in [2.45, 2.75) is 13.8 Å². The van der Waals surface area contributed by atoms with Crippen LogP contribution in [0.15, 0.2) is 47.9 Å². The van der Waals surface area contributed by atoms with Gasteiger partial charge in [-0.1, -0.05) is 49.4 Å². The average molecular weight is 392 g/mol. The number of amides is 1. The van der Waals surface area contributed by atoms with Gasteiger partial charge >= 0.3 is 0 Å². The van der Waals surface area contributed by atoms with Crippen LogP contribution < -0.4 is 0 Å². The molecule has 0 atom stereocenters. The lowest BCUT2D eigenvalue weighted by molar-refractivity contribution is -0.133. The zero-order valence-electron chi connectivity index (χ0n) is 16.2. The minimum atomic E-state index is -3.48. The second-order valence-electron chi connectivity index (χ2n) is 6.80. The first-order valence-corrected chi connectivity index (χ1v) is 10.7. The predicted octanol–water partition coefficient (Wildman–Crippen LogP) is 2.03. The maximum Gasteiger partial charge on any atom is 0.236 e. The van der Waals surface area contributed by atoms with Crippen molar-refractivity contribution in [3.63, 3.8) is 0 Å². The summed E-state index contributed by atoms with van der Waals surface area (Å²) in [6.45, 7) is 11.1. The Labute approximate surface area is 162 Å². The first-order chi connectivity index (χ1) is 12.8. The summed E-state index contributed by atoms with van der Waals surface area (Å²) in [5, 5.41) is 1.24. The molecule has 0 unspecified atom stereocenters. The van der Waals surface area contributed by atoms with E-state index in [9.17, 15) is 13.2 Å². The highest BCUT2D eigenvalue weighted by Crippen LogP contribution is 2.12. The number of benzene rings is 1. The van der Waals surface area contributed by atoms with Gasteiger partial charge in [-0.2, -0.15) is 4.31 Å². The van der Waals surface area contributed by atoms with Crippen LogP contribution in [0.2, 0.25) is 0 Å². The third-order valence-corrected chi connectivity index (χ3v) is 6.05. The van der Waals surface area contributed by atoms with E-state index in [1.165, 1.54) is 9.71 Å². The van der Waals surface area contributed by atoms with Crippen molar-refractivity contribution in [3.05, 3.63) is 53.5 Å². The topological polar surface area (TPSA) is 60.9 Å². The lowest BCUT2D eigenvalue weighted by Crippen LogP contribution is -2.52. The fraction of sp³-hybridized carbons (Fsp3) is 0.450. The molecule has 1 aromatic carbocycles. The van der Waals surface area contributed by atoms with E-state index >= 15 is 0 Å². The van der Waals surface area contributed by atoms with Gasteiger partial charge in [0.25, 0.3) is 0 Å². The summed E-state index contributed by atoms with van der Waals surface area (Å²) < 4.78 is 26.4. The Kier molecular flexibility index (Phi) is 7.77. The average Bonchev–Trinajstić information content (AvgIpc) is 2.66. The monoisotopic (exact) mass is 391 g/mol.